The largest absolute Gasteiger partial charge is 0.459 e. The minimum Gasteiger partial charge on any atom is -0.459 e. The number of fused-ring (bicyclic) bond motifs is 3. The van der Waals surface area contributed by atoms with E-state index in [4.69, 9.17) is 9.47 Å². The molecule has 3 rings (SSSR count). The number of ether oxygens (including phenoxy) is 2. The van der Waals surface area contributed by atoms with E-state index >= 15 is 0 Å². The molecule has 1 aliphatic carbocycles. The van der Waals surface area contributed by atoms with Gasteiger partial charge in [0.05, 0.1) is 5.60 Å². The van der Waals surface area contributed by atoms with Crippen molar-refractivity contribution in [2.45, 2.75) is 89.9 Å². The fourth-order valence-electron chi connectivity index (χ4n) is 3.59. The molecule has 2 heterocycles. The Morgan fingerprint density at radius 2 is 2.05 bits per heavy atom. The lowest BCUT2D eigenvalue weighted by Crippen LogP contribution is -2.62. The van der Waals surface area contributed by atoms with E-state index in [2.05, 4.69) is 27.7 Å². The van der Waals surface area contributed by atoms with E-state index in [9.17, 15) is 4.79 Å². The van der Waals surface area contributed by atoms with Crippen molar-refractivity contribution < 1.29 is 14.3 Å². The van der Waals surface area contributed by atoms with Crippen molar-refractivity contribution >= 4 is 5.97 Å². The van der Waals surface area contributed by atoms with Gasteiger partial charge in [-0.2, -0.15) is 0 Å². The van der Waals surface area contributed by atoms with Crippen molar-refractivity contribution in [2.24, 2.45) is 5.92 Å². The Kier molecular flexibility index (Phi) is 4.24. The second-order valence-corrected chi connectivity index (χ2v) is 6.93. The summed E-state index contributed by atoms with van der Waals surface area (Å²) in [6.07, 6.45) is 6.83. The molecule has 0 N–H and O–H groups in total. The number of carbonyl (C=O) groups is 1. The van der Waals surface area contributed by atoms with Crippen molar-refractivity contribution in [3.63, 3.8) is 0 Å². The van der Waals surface area contributed by atoms with E-state index in [1.54, 1.807) is 0 Å². The van der Waals surface area contributed by atoms with Gasteiger partial charge in [-0.15, -0.1) is 0 Å². The normalized spacial score (nSPS) is 36.2. The van der Waals surface area contributed by atoms with Crippen LogP contribution in [0.2, 0.25) is 0 Å². The molecule has 0 unspecified atom stereocenters. The van der Waals surface area contributed by atoms with Crippen LogP contribution in [-0.4, -0.2) is 23.3 Å². The van der Waals surface area contributed by atoms with Crippen LogP contribution >= 0.6 is 0 Å². The third-order valence-electron chi connectivity index (χ3n) is 4.91. The summed E-state index contributed by atoms with van der Waals surface area (Å²) in [6, 6.07) is 0. The van der Waals surface area contributed by atoms with Gasteiger partial charge in [-0.25, -0.2) is 0 Å². The van der Waals surface area contributed by atoms with E-state index < -0.39 is 0 Å². The second kappa shape index (κ2) is 5.43. The molecule has 3 heteroatoms. The maximum Gasteiger partial charge on any atom is 0.306 e. The van der Waals surface area contributed by atoms with E-state index in [0.29, 0.717) is 12.3 Å². The summed E-state index contributed by atoms with van der Waals surface area (Å²) in [5.74, 6) is 0.469. The van der Waals surface area contributed by atoms with Crippen molar-refractivity contribution in [2.75, 3.05) is 0 Å². The smallest absolute Gasteiger partial charge is 0.306 e. The number of rotatable bonds is 5. The first kappa shape index (κ1) is 14.8. The number of unbranched alkanes of at least 4 members (excludes halogenated alkanes) is 2. The van der Waals surface area contributed by atoms with Crippen molar-refractivity contribution in [1.82, 2.24) is 0 Å². The average Bonchev–Trinajstić information content (AvgIpc) is 2.30. The molecule has 3 atom stereocenters. The highest BCUT2D eigenvalue weighted by molar-refractivity contribution is 5.69. The third kappa shape index (κ3) is 3.13. The van der Waals surface area contributed by atoms with Crippen molar-refractivity contribution in [3.05, 3.63) is 0 Å². The van der Waals surface area contributed by atoms with Gasteiger partial charge < -0.3 is 9.47 Å². The van der Waals surface area contributed by atoms with Gasteiger partial charge in [-0.1, -0.05) is 19.8 Å². The fourth-order valence-corrected chi connectivity index (χ4v) is 3.59. The molecule has 3 nitrogen and oxygen atoms in total. The van der Waals surface area contributed by atoms with Gasteiger partial charge in [-0.05, 0) is 52.4 Å². The molecule has 0 aromatic carbocycles. The van der Waals surface area contributed by atoms with Gasteiger partial charge in [0.15, 0.2) is 0 Å². The standard InChI is InChI=1S/C16H28O3/c1-5-6-7-8-14(17)18-13-11-12-9-10-16(13,4)19-15(12,2)3/h12-13H,5-11H2,1-4H3/t12-,13+,16+/m0/s1. The van der Waals surface area contributed by atoms with Crippen LogP contribution in [0.1, 0.15) is 72.6 Å². The summed E-state index contributed by atoms with van der Waals surface area (Å²) in [5.41, 5.74) is -0.350. The predicted octanol–water partition coefficient (Wildman–Crippen LogP) is 3.85. The summed E-state index contributed by atoms with van der Waals surface area (Å²) in [4.78, 5) is 11.9. The van der Waals surface area contributed by atoms with Crippen molar-refractivity contribution in [1.29, 1.82) is 0 Å². The summed E-state index contributed by atoms with van der Waals surface area (Å²) in [6.45, 7) is 8.57. The Balaban J connectivity index is 1.90. The van der Waals surface area contributed by atoms with E-state index in [1.165, 1.54) is 6.42 Å². The average molecular weight is 268 g/mol. The van der Waals surface area contributed by atoms with Gasteiger partial charge in [0.2, 0.25) is 0 Å². The van der Waals surface area contributed by atoms with Crippen LogP contribution in [0.25, 0.3) is 0 Å². The van der Waals surface area contributed by atoms with Crippen LogP contribution in [0, 0.1) is 5.92 Å². The van der Waals surface area contributed by atoms with E-state index in [0.717, 1.165) is 32.1 Å². The number of hydrogen-bond acceptors (Lipinski definition) is 3. The Morgan fingerprint density at radius 3 is 2.63 bits per heavy atom. The highest BCUT2D eigenvalue weighted by Gasteiger charge is 2.55. The topological polar surface area (TPSA) is 35.5 Å². The van der Waals surface area contributed by atoms with Crippen LogP contribution in [0.15, 0.2) is 0 Å². The van der Waals surface area contributed by atoms with Crippen LogP contribution < -0.4 is 0 Å². The van der Waals surface area contributed by atoms with Crippen molar-refractivity contribution in [3.8, 4) is 0 Å². The molecule has 2 saturated heterocycles. The predicted molar refractivity (Wildman–Crippen MR) is 74.9 cm³/mol. The Labute approximate surface area is 117 Å². The molecule has 0 radical (unpaired) electrons. The molecule has 0 aromatic rings. The number of carbonyl (C=O) groups excluding carboxylic acids is 1. The molecule has 0 aromatic heterocycles. The maximum atomic E-state index is 11.9. The summed E-state index contributed by atoms with van der Waals surface area (Å²) < 4.78 is 11.9. The first-order valence-electron chi connectivity index (χ1n) is 7.77. The summed E-state index contributed by atoms with van der Waals surface area (Å²) in [7, 11) is 0. The molecule has 110 valence electrons. The lowest BCUT2D eigenvalue weighted by Gasteiger charge is -2.57. The Hall–Kier alpha value is -0.570. The molecule has 2 aliphatic heterocycles. The van der Waals surface area contributed by atoms with Crippen LogP contribution in [0.4, 0.5) is 0 Å². The lowest BCUT2D eigenvalue weighted by molar-refractivity contribution is -0.278. The third-order valence-corrected chi connectivity index (χ3v) is 4.91. The number of esters is 1. The zero-order chi connectivity index (χ0) is 14.1. The van der Waals surface area contributed by atoms with Crippen LogP contribution in [0.3, 0.4) is 0 Å². The molecule has 0 spiro atoms. The van der Waals surface area contributed by atoms with E-state index in [-0.39, 0.29) is 23.3 Å². The molecular formula is C16H28O3. The Bertz CT molecular complexity index is 337. The van der Waals surface area contributed by atoms with Gasteiger partial charge in [0.1, 0.15) is 11.7 Å². The molecule has 3 fully saturated rings. The molecular weight excluding hydrogens is 240 g/mol. The van der Waals surface area contributed by atoms with Crippen LogP contribution in [0.5, 0.6) is 0 Å². The van der Waals surface area contributed by atoms with Gasteiger partial charge in [0.25, 0.3) is 0 Å². The fraction of sp³-hybridized carbons (Fsp3) is 0.938. The SMILES string of the molecule is CCCCCC(=O)O[C@@H]1C[C@@H]2CC[C@@]1(C)OC2(C)C. The van der Waals surface area contributed by atoms with Gasteiger partial charge in [-0.3, -0.25) is 4.79 Å². The van der Waals surface area contributed by atoms with Crippen LogP contribution in [-0.2, 0) is 14.3 Å². The Morgan fingerprint density at radius 1 is 1.32 bits per heavy atom. The zero-order valence-corrected chi connectivity index (χ0v) is 12.8. The molecule has 3 aliphatic rings. The zero-order valence-electron chi connectivity index (χ0n) is 12.8. The summed E-state index contributed by atoms with van der Waals surface area (Å²) in [5, 5.41) is 0. The summed E-state index contributed by atoms with van der Waals surface area (Å²) >= 11 is 0. The molecule has 1 saturated carbocycles. The highest BCUT2D eigenvalue weighted by atomic mass is 16.6. The van der Waals surface area contributed by atoms with Gasteiger partial charge in [0, 0.05) is 6.42 Å². The first-order valence-corrected chi connectivity index (χ1v) is 7.77. The van der Waals surface area contributed by atoms with Gasteiger partial charge >= 0.3 is 5.97 Å². The number of hydrogen-bond donors (Lipinski definition) is 0. The minimum absolute atomic E-state index is 0.0476. The van der Waals surface area contributed by atoms with E-state index in [1.807, 2.05) is 0 Å². The molecule has 19 heavy (non-hydrogen) atoms. The minimum atomic E-state index is -0.279. The lowest BCUT2D eigenvalue weighted by atomic mass is 9.67. The maximum absolute atomic E-state index is 11.9. The highest BCUT2D eigenvalue weighted by Crippen LogP contribution is 2.50. The quantitative estimate of drug-likeness (QED) is 0.561. The molecule has 0 amide bonds. The second-order valence-electron chi connectivity index (χ2n) is 6.93. The molecule has 2 bridgehead atoms. The monoisotopic (exact) mass is 268 g/mol. The first-order chi connectivity index (χ1) is 8.87.